The molecule has 0 radical (unpaired) electrons. The zero-order valence-electron chi connectivity index (χ0n) is 6.38. The molecule has 0 bridgehead atoms. The Bertz CT molecular complexity index is 222. The lowest BCUT2D eigenvalue weighted by Crippen LogP contribution is -2.12. The van der Waals surface area contributed by atoms with Crippen molar-refractivity contribution in [2.75, 3.05) is 24.1 Å². The molecular weight excluding hydrogens is 138 g/mol. The second-order valence-electron chi connectivity index (χ2n) is 2.34. The molecule has 0 aromatic heterocycles. The minimum absolute atomic E-state index is 0.634. The van der Waals surface area contributed by atoms with Crippen molar-refractivity contribution >= 4 is 11.4 Å². The summed E-state index contributed by atoms with van der Waals surface area (Å²) in [6, 6.07) is 7.61. The van der Waals surface area contributed by atoms with Crippen LogP contribution in [0.25, 0.3) is 0 Å². The smallest absolute Gasteiger partial charge is 0.0361 e. The Labute approximate surface area is 66.4 Å². The standard InChI is InChI=1S/C8H13N3/c9-4-5-11-8-3-1-2-7(10)6-8/h1-3,6,11H,4-5,9-10H2. The first kappa shape index (κ1) is 7.88. The van der Waals surface area contributed by atoms with Gasteiger partial charge in [0.25, 0.3) is 0 Å². The summed E-state index contributed by atoms with van der Waals surface area (Å²) < 4.78 is 0. The topological polar surface area (TPSA) is 64.1 Å². The number of hydrogen-bond donors (Lipinski definition) is 3. The molecule has 1 rings (SSSR count). The van der Waals surface area contributed by atoms with E-state index in [-0.39, 0.29) is 0 Å². The Morgan fingerprint density at radius 1 is 1.36 bits per heavy atom. The fraction of sp³-hybridized carbons (Fsp3) is 0.250. The lowest BCUT2D eigenvalue weighted by atomic mass is 10.3. The molecule has 0 saturated heterocycles. The maximum atomic E-state index is 5.56. The lowest BCUT2D eigenvalue weighted by Gasteiger charge is -2.03. The molecule has 0 aliphatic carbocycles. The van der Waals surface area contributed by atoms with E-state index < -0.39 is 0 Å². The molecule has 0 spiro atoms. The molecule has 0 aliphatic rings. The van der Waals surface area contributed by atoms with Gasteiger partial charge in [0.05, 0.1) is 0 Å². The summed E-state index contributed by atoms with van der Waals surface area (Å²) in [5, 5.41) is 3.13. The van der Waals surface area contributed by atoms with Gasteiger partial charge in [-0.05, 0) is 18.2 Å². The van der Waals surface area contributed by atoms with Crippen LogP contribution in [-0.2, 0) is 0 Å². The molecule has 0 amide bonds. The lowest BCUT2D eigenvalue weighted by molar-refractivity contribution is 1.02. The molecule has 11 heavy (non-hydrogen) atoms. The largest absolute Gasteiger partial charge is 0.399 e. The molecule has 0 atom stereocenters. The third kappa shape index (κ3) is 2.47. The number of anilines is 2. The molecule has 0 fully saturated rings. The van der Waals surface area contributed by atoms with E-state index in [4.69, 9.17) is 11.5 Å². The fourth-order valence-corrected chi connectivity index (χ4v) is 0.865. The van der Waals surface area contributed by atoms with Crippen LogP contribution in [0.15, 0.2) is 24.3 Å². The number of benzene rings is 1. The Hall–Kier alpha value is -1.22. The maximum Gasteiger partial charge on any atom is 0.0361 e. The van der Waals surface area contributed by atoms with Crippen molar-refractivity contribution in [3.05, 3.63) is 24.3 Å². The molecule has 0 heterocycles. The van der Waals surface area contributed by atoms with Crippen molar-refractivity contribution in [1.29, 1.82) is 0 Å². The highest BCUT2D eigenvalue weighted by Crippen LogP contribution is 2.10. The third-order valence-electron chi connectivity index (χ3n) is 1.36. The Kier molecular flexibility index (Phi) is 2.74. The predicted octanol–water partition coefficient (Wildman–Crippen LogP) is 0.639. The van der Waals surface area contributed by atoms with Gasteiger partial charge in [0.1, 0.15) is 0 Å². The first-order valence-electron chi connectivity index (χ1n) is 3.62. The normalized spacial score (nSPS) is 9.55. The van der Waals surface area contributed by atoms with Crippen LogP contribution in [-0.4, -0.2) is 13.1 Å². The molecule has 1 aromatic carbocycles. The van der Waals surface area contributed by atoms with Gasteiger partial charge >= 0.3 is 0 Å². The van der Waals surface area contributed by atoms with Gasteiger partial charge in [0.15, 0.2) is 0 Å². The quantitative estimate of drug-likeness (QED) is 0.555. The van der Waals surface area contributed by atoms with Crippen molar-refractivity contribution in [2.45, 2.75) is 0 Å². The van der Waals surface area contributed by atoms with E-state index in [1.54, 1.807) is 0 Å². The first-order valence-corrected chi connectivity index (χ1v) is 3.62. The number of hydrogen-bond acceptors (Lipinski definition) is 3. The minimum Gasteiger partial charge on any atom is -0.399 e. The van der Waals surface area contributed by atoms with E-state index in [9.17, 15) is 0 Å². The second kappa shape index (κ2) is 3.83. The van der Waals surface area contributed by atoms with E-state index in [2.05, 4.69) is 5.32 Å². The number of nitrogen functional groups attached to an aromatic ring is 1. The predicted molar refractivity (Wildman–Crippen MR) is 48.4 cm³/mol. The van der Waals surface area contributed by atoms with Crippen LogP contribution in [0.4, 0.5) is 11.4 Å². The van der Waals surface area contributed by atoms with Crippen molar-refractivity contribution < 1.29 is 0 Å². The van der Waals surface area contributed by atoms with E-state index in [1.807, 2.05) is 24.3 Å². The summed E-state index contributed by atoms with van der Waals surface area (Å²) in [7, 11) is 0. The summed E-state index contributed by atoms with van der Waals surface area (Å²) in [5.74, 6) is 0. The molecule has 1 aromatic rings. The monoisotopic (exact) mass is 151 g/mol. The maximum absolute atomic E-state index is 5.56. The van der Waals surface area contributed by atoms with Gasteiger partial charge in [0, 0.05) is 24.5 Å². The van der Waals surface area contributed by atoms with Crippen LogP contribution in [0.5, 0.6) is 0 Å². The number of nitrogens with one attached hydrogen (secondary N) is 1. The molecule has 0 saturated carbocycles. The van der Waals surface area contributed by atoms with Gasteiger partial charge in [-0.2, -0.15) is 0 Å². The van der Waals surface area contributed by atoms with Gasteiger partial charge < -0.3 is 16.8 Å². The highest BCUT2D eigenvalue weighted by molar-refractivity contribution is 5.53. The summed E-state index contributed by atoms with van der Waals surface area (Å²) >= 11 is 0. The number of nitrogens with two attached hydrogens (primary N) is 2. The fourth-order valence-electron chi connectivity index (χ4n) is 0.865. The van der Waals surface area contributed by atoms with Crippen LogP contribution < -0.4 is 16.8 Å². The van der Waals surface area contributed by atoms with E-state index in [0.29, 0.717) is 6.54 Å². The average molecular weight is 151 g/mol. The van der Waals surface area contributed by atoms with Crippen LogP contribution in [0.2, 0.25) is 0 Å². The summed E-state index contributed by atoms with van der Waals surface area (Å²) in [5.41, 5.74) is 12.7. The molecule has 60 valence electrons. The Balaban J connectivity index is 2.56. The summed E-state index contributed by atoms with van der Waals surface area (Å²) in [6.07, 6.45) is 0. The average Bonchev–Trinajstić information content (AvgIpc) is 2.01. The van der Waals surface area contributed by atoms with Crippen LogP contribution in [0, 0.1) is 0 Å². The SMILES string of the molecule is NCCNc1cccc(N)c1. The molecule has 3 nitrogen and oxygen atoms in total. The van der Waals surface area contributed by atoms with E-state index in [0.717, 1.165) is 17.9 Å². The van der Waals surface area contributed by atoms with Crippen LogP contribution in [0.1, 0.15) is 0 Å². The minimum atomic E-state index is 0.634. The molecular formula is C8H13N3. The van der Waals surface area contributed by atoms with E-state index in [1.165, 1.54) is 0 Å². The molecule has 3 heteroatoms. The zero-order chi connectivity index (χ0) is 8.10. The van der Waals surface area contributed by atoms with Gasteiger partial charge in [-0.15, -0.1) is 0 Å². The van der Waals surface area contributed by atoms with Crippen molar-refractivity contribution in [3.8, 4) is 0 Å². The first-order chi connectivity index (χ1) is 5.33. The van der Waals surface area contributed by atoms with Crippen LogP contribution in [0.3, 0.4) is 0 Å². The van der Waals surface area contributed by atoms with Gasteiger partial charge in [-0.25, -0.2) is 0 Å². The second-order valence-corrected chi connectivity index (χ2v) is 2.34. The highest BCUT2D eigenvalue weighted by atomic mass is 14.9. The van der Waals surface area contributed by atoms with Gasteiger partial charge in [-0.1, -0.05) is 6.07 Å². The van der Waals surface area contributed by atoms with Crippen molar-refractivity contribution in [2.24, 2.45) is 5.73 Å². The van der Waals surface area contributed by atoms with Crippen LogP contribution >= 0.6 is 0 Å². The highest BCUT2D eigenvalue weighted by Gasteiger charge is 1.89. The van der Waals surface area contributed by atoms with Gasteiger partial charge in [-0.3, -0.25) is 0 Å². The van der Waals surface area contributed by atoms with E-state index >= 15 is 0 Å². The summed E-state index contributed by atoms with van der Waals surface area (Å²) in [6.45, 7) is 1.41. The molecule has 0 aliphatic heterocycles. The summed E-state index contributed by atoms with van der Waals surface area (Å²) in [4.78, 5) is 0. The number of rotatable bonds is 3. The third-order valence-corrected chi connectivity index (χ3v) is 1.36. The zero-order valence-corrected chi connectivity index (χ0v) is 6.38. The Morgan fingerprint density at radius 2 is 2.18 bits per heavy atom. The van der Waals surface area contributed by atoms with Gasteiger partial charge in [0.2, 0.25) is 0 Å². The molecule has 5 N–H and O–H groups in total. The van der Waals surface area contributed by atoms with Crippen molar-refractivity contribution in [1.82, 2.24) is 0 Å². The van der Waals surface area contributed by atoms with Crippen molar-refractivity contribution in [3.63, 3.8) is 0 Å². The Morgan fingerprint density at radius 3 is 2.82 bits per heavy atom. The molecule has 0 unspecified atom stereocenters.